The van der Waals surface area contributed by atoms with Gasteiger partial charge in [-0.15, -0.1) is 0 Å². The van der Waals surface area contributed by atoms with E-state index < -0.39 is 24.7 Å². The highest BCUT2D eigenvalue weighted by atomic mass is 19.4. The van der Waals surface area contributed by atoms with Crippen molar-refractivity contribution in [2.45, 2.75) is 6.18 Å². The molecule has 0 heterocycles. The van der Waals surface area contributed by atoms with E-state index in [4.69, 9.17) is 5.11 Å². The van der Waals surface area contributed by atoms with E-state index in [1.54, 1.807) is 0 Å². The molecule has 20 heavy (non-hydrogen) atoms. The predicted molar refractivity (Wildman–Crippen MR) is 63.4 cm³/mol. The first-order valence-corrected chi connectivity index (χ1v) is 5.28. The molecule has 0 aliphatic rings. The van der Waals surface area contributed by atoms with Crippen LogP contribution in [0.3, 0.4) is 0 Å². The molecular weight excluding hydrogens is 279 g/mol. The molecule has 1 aromatic carbocycles. The van der Waals surface area contributed by atoms with Gasteiger partial charge >= 0.3 is 12.1 Å². The van der Waals surface area contributed by atoms with Gasteiger partial charge in [-0.25, -0.2) is 4.79 Å². The number of nitrogens with one attached hydrogen (secondary N) is 1. The molecule has 1 amide bonds. The van der Waals surface area contributed by atoms with Crippen LogP contribution in [0.4, 0.5) is 18.9 Å². The molecule has 0 aliphatic heterocycles. The minimum Gasteiger partial charge on any atom is -0.482 e. The van der Waals surface area contributed by atoms with Crippen LogP contribution in [0, 0.1) is 0 Å². The molecule has 0 unspecified atom stereocenters. The molecule has 0 spiro atoms. The monoisotopic (exact) mass is 289 g/mol. The summed E-state index contributed by atoms with van der Waals surface area (Å²) in [5, 5.41) is 10.6. The summed E-state index contributed by atoms with van der Waals surface area (Å²) in [6.45, 7) is -1.50. The Kier molecular flexibility index (Phi) is 5.13. The number of halogens is 3. The van der Waals surface area contributed by atoms with Crippen LogP contribution >= 0.6 is 0 Å². The topological polar surface area (TPSA) is 75.6 Å². The first-order valence-electron chi connectivity index (χ1n) is 5.28. The molecule has 0 aromatic heterocycles. The van der Waals surface area contributed by atoms with Crippen molar-refractivity contribution in [3.63, 3.8) is 0 Å². The van der Waals surface area contributed by atoms with E-state index in [2.05, 4.69) is 10.1 Å². The molecule has 8 heteroatoms. The van der Waals surface area contributed by atoms with E-state index >= 15 is 0 Å². The number of ether oxygens (including phenoxy) is 1. The van der Waals surface area contributed by atoms with Crippen LogP contribution in [-0.2, 0) is 9.59 Å². The predicted octanol–water partition coefficient (Wildman–Crippen LogP) is 2.21. The molecule has 108 valence electrons. The van der Waals surface area contributed by atoms with E-state index in [0.29, 0.717) is 6.08 Å². The van der Waals surface area contributed by atoms with Crippen molar-refractivity contribution < 1.29 is 32.6 Å². The maximum absolute atomic E-state index is 12.1. The maximum Gasteiger partial charge on any atom is 0.422 e. The number of carbonyl (C=O) groups is 2. The Morgan fingerprint density at radius 3 is 2.50 bits per heavy atom. The summed E-state index contributed by atoms with van der Waals surface area (Å²) in [6, 6.07) is 5.51. The molecule has 1 aromatic rings. The molecule has 0 saturated heterocycles. The van der Waals surface area contributed by atoms with Gasteiger partial charge in [-0.1, -0.05) is 12.1 Å². The number of carbonyl (C=O) groups excluding carboxylic acids is 1. The van der Waals surface area contributed by atoms with Crippen LogP contribution in [0.5, 0.6) is 5.75 Å². The SMILES string of the molecule is O=C(O)/C=C/C(=O)Nc1ccccc1OCC(F)(F)F. The number of aliphatic carboxylic acids is 1. The number of anilines is 1. The molecular formula is C12H10F3NO4. The summed E-state index contributed by atoms with van der Waals surface area (Å²) in [5.41, 5.74) is 0.0109. The van der Waals surface area contributed by atoms with Gasteiger partial charge in [0.05, 0.1) is 5.69 Å². The van der Waals surface area contributed by atoms with Gasteiger partial charge in [0.15, 0.2) is 6.61 Å². The smallest absolute Gasteiger partial charge is 0.422 e. The van der Waals surface area contributed by atoms with Crippen molar-refractivity contribution in [2.24, 2.45) is 0 Å². The lowest BCUT2D eigenvalue weighted by Crippen LogP contribution is -2.20. The molecule has 1 rings (SSSR count). The Morgan fingerprint density at radius 1 is 1.25 bits per heavy atom. The van der Waals surface area contributed by atoms with Gasteiger partial charge in [0.25, 0.3) is 0 Å². The van der Waals surface area contributed by atoms with E-state index in [1.807, 2.05) is 0 Å². The van der Waals surface area contributed by atoms with Crippen molar-refractivity contribution in [1.29, 1.82) is 0 Å². The second-order valence-electron chi connectivity index (χ2n) is 3.56. The van der Waals surface area contributed by atoms with Crippen LogP contribution in [0.2, 0.25) is 0 Å². The highest BCUT2D eigenvalue weighted by Gasteiger charge is 2.28. The molecule has 0 bridgehead atoms. The Labute approximate surface area is 111 Å². The minimum absolute atomic E-state index is 0.0109. The highest BCUT2D eigenvalue weighted by Crippen LogP contribution is 2.26. The number of para-hydroxylation sites is 2. The first kappa shape index (κ1) is 15.5. The third-order valence-corrected chi connectivity index (χ3v) is 1.91. The average molecular weight is 289 g/mol. The molecule has 0 fully saturated rings. The molecule has 0 aliphatic carbocycles. The van der Waals surface area contributed by atoms with Gasteiger partial charge in [-0.3, -0.25) is 4.79 Å². The van der Waals surface area contributed by atoms with Crippen LogP contribution < -0.4 is 10.1 Å². The summed E-state index contributed by atoms with van der Waals surface area (Å²) < 4.78 is 40.7. The largest absolute Gasteiger partial charge is 0.482 e. The van der Waals surface area contributed by atoms with Crippen LogP contribution in [0.1, 0.15) is 0 Å². The molecule has 0 radical (unpaired) electrons. The lowest BCUT2D eigenvalue weighted by Gasteiger charge is -2.12. The Bertz CT molecular complexity index is 526. The summed E-state index contributed by atoms with van der Waals surface area (Å²) in [7, 11) is 0. The number of hydrogen-bond donors (Lipinski definition) is 2. The zero-order valence-corrected chi connectivity index (χ0v) is 9.98. The van der Waals surface area contributed by atoms with Crippen molar-refractivity contribution >= 4 is 17.6 Å². The Balaban J connectivity index is 2.75. The number of amides is 1. The lowest BCUT2D eigenvalue weighted by molar-refractivity contribution is -0.153. The van der Waals surface area contributed by atoms with E-state index in [-0.39, 0.29) is 11.4 Å². The highest BCUT2D eigenvalue weighted by molar-refractivity contribution is 6.03. The lowest BCUT2D eigenvalue weighted by atomic mass is 10.3. The van der Waals surface area contributed by atoms with Gasteiger partial charge in [0.1, 0.15) is 5.75 Å². The van der Waals surface area contributed by atoms with Crippen molar-refractivity contribution in [1.82, 2.24) is 0 Å². The van der Waals surface area contributed by atoms with Gasteiger partial charge in [0, 0.05) is 12.2 Å². The fourth-order valence-corrected chi connectivity index (χ4v) is 1.18. The number of benzene rings is 1. The summed E-state index contributed by atoms with van der Waals surface area (Å²) in [5.74, 6) is -2.28. The van der Waals surface area contributed by atoms with Gasteiger partial charge in [-0.2, -0.15) is 13.2 Å². The van der Waals surface area contributed by atoms with Gasteiger partial charge in [0.2, 0.25) is 5.91 Å². The second-order valence-corrected chi connectivity index (χ2v) is 3.56. The van der Waals surface area contributed by atoms with Crippen molar-refractivity contribution in [2.75, 3.05) is 11.9 Å². The zero-order chi connectivity index (χ0) is 15.2. The molecule has 0 atom stereocenters. The van der Waals surface area contributed by atoms with Crippen LogP contribution in [0.15, 0.2) is 36.4 Å². The van der Waals surface area contributed by atoms with E-state index in [0.717, 1.165) is 6.08 Å². The summed E-state index contributed by atoms with van der Waals surface area (Å²) in [4.78, 5) is 21.6. The number of rotatable bonds is 5. The fraction of sp³-hybridized carbons (Fsp3) is 0.167. The number of alkyl halides is 3. The average Bonchev–Trinajstić information content (AvgIpc) is 2.34. The Morgan fingerprint density at radius 2 is 1.90 bits per heavy atom. The Hall–Kier alpha value is -2.51. The first-order chi connectivity index (χ1) is 9.28. The second kappa shape index (κ2) is 6.60. The maximum atomic E-state index is 12.1. The number of carboxylic acid groups (broad SMARTS) is 1. The standard InChI is InChI=1S/C12H10F3NO4/c13-12(14,15)7-20-9-4-2-1-3-8(9)16-10(17)5-6-11(18)19/h1-6H,7H2,(H,16,17)(H,18,19)/b6-5+. The minimum atomic E-state index is -4.50. The molecule has 2 N–H and O–H groups in total. The van der Waals surface area contributed by atoms with Gasteiger partial charge in [-0.05, 0) is 12.1 Å². The number of carboxylic acids is 1. The van der Waals surface area contributed by atoms with Crippen LogP contribution in [-0.4, -0.2) is 29.8 Å². The normalized spacial score (nSPS) is 11.3. The van der Waals surface area contributed by atoms with Crippen molar-refractivity contribution in [3.05, 3.63) is 36.4 Å². The fourth-order valence-electron chi connectivity index (χ4n) is 1.18. The van der Waals surface area contributed by atoms with E-state index in [9.17, 15) is 22.8 Å². The van der Waals surface area contributed by atoms with E-state index in [1.165, 1.54) is 24.3 Å². The molecule has 0 saturated carbocycles. The quantitative estimate of drug-likeness (QED) is 0.815. The van der Waals surface area contributed by atoms with Crippen LogP contribution in [0.25, 0.3) is 0 Å². The summed E-state index contributed by atoms with van der Waals surface area (Å²) >= 11 is 0. The third kappa shape index (κ3) is 5.89. The molecule has 5 nitrogen and oxygen atoms in total. The van der Waals surface area contributed by atoms with Gasteiger partial charge < -0.3 is 15.2 Å². The number of hydrogen-bond acceptors (Lipinski definition) is 3. The van der Waals surface area contributed by atoms with Crippen molar-refractivity contribution in [3.8, 4) is 5.75 Å². The third-order valence-electron chi connectivity index (χ3n) is 1.91. The zero-order valence-electron chi connectivity index (χ0n) is 9.98. The summed E-state index contributed by atoms with van der Waals surface area (Å²) in [6.07, 6.45) is -3.16.